The number of aryl methyl sites for hydroxylation is 1. The van der Waals surface area contributed by atoms with Crippen LogP contribution in [0.2, 0.25) is 0 Å². The van der Waals surface area contributed by atoms with E-state index in [9.17, 15) is 35.9 Å². The fourth-order valence-corrected chi connectivity index (χ4v) is 4.22. The van der Waals surface area contributed by atoms with Crippen LogP contribution in [0.1, 0.15) is 36.9 Å². The number of halogens is 6. The zero-order chi connectivity index (χ0) is 25.7. The summed E-state index contributed by atoms with van der Waals surface area (Å²) in [5, 5.41) is 6.48. The Morgan fingerprint density at radius 1 is 1.17 bits per heavy atom. The van der Waals surface area contributed by atoms with Crippen molar-refractivity contribution in [1.29, 1.82) is 0 Å². The molecule has 1 aliphatic heterocycles. The number of benzene rings is 1. The predicted molar refractivity (Wildman–Crippen MR) is 114 cm³/mol. The van der Waals surface area contributed by atoms with Crippen molar-refractivity contribution in [3.8, 4) is 0 Å². The fourth-order valence-electron chi connectivity index (χ4n) is 4.22. The minimum atomic E-state index is -4.84. The molecule has 0 saturated carbocycles. The van der Waals surface area contributed by atoms with Crippen molar-refractivity contribution in [2.75, 3.05) is 18.5 Å². The highest BCUT2D eigenvalue weighted by atomic mass is 19.4. The molecule has 1 aromatic carbocycles. The largest absolute Gasteiger partial charge is 0.414 e. The van der Waals surface area contributed by atoms with E-state index in [4.69, 9.17) is 4.74 Å². The Hall–Kier alpha value is -3.35. The molecule has 0 spiro atoms. The van der Waals surface area contributed by atoms with Crippen LogP contribution in [0, 0.1) is 5.82 Å². The molecule has 4 rings (SSSR count). The molecule has 0 radical (unpaired) electrons. The maximum atomic E-state index is 14.7. The average Bonchev–Trinajstić information content (AvgIpc) is 3.28. The summed E-state index contributed by atoms with van der Waals surface area (Å²) in [6, 6.07) is 3.27. The minimum Gasteiger partial charge on any atom is -0.379 e. The van der Waals surface area contributed by atoms with Crippen molar-refractivity contribution in [3.63, 3.8) is 0 Å². The molecule has 0 bridgehead atoms. The lowest BCUT2D eigenvalue weighted by molar-refractivity contribution is -0.214. The number of nitrogens with one attached hydrogen (secondary N) is 1. The summed E-state index contributed by atoms with van der Waals surface area (Å²) < 4.78 is 89.4. The lowest BCUT2D eigenvalue weighted by Crippen LogP contribution is -2.52. The van der Waals surface area contributed by atoms with Crippen LogP contribution in [0.15, 0.2) is 40.1 Å². The van der Waals surface area contributed by atoms with Gasteiger partial charge in [-0.25, -0.2) is 17.9 Å². The molecule has 0 amide bonds. The number of alkyl halides is 5. The second-order valence-corrected chi connectivity index (χ2v) is 8.34. The molecule has 1 N–H and O–H groups in total. The number of anilines is 1. The van der Waals surface area contributed by atoms with E-state index < -0.39 is 59.7 Å². The van der Waals surface area contributed by atoms with Gasteiger partial charge in [0, 0.05) is 43.3 Å². The van der Waals surface area contributed by atoms with E-state index in [0.29, 0.717) is 4.57 Å². The Labute approximate surface area is 193 Å². The monoisotopic (exact) mass is 502 g/mol. The number of hydrogen-bond acceptors (Lipinski definition) is 5. The lowest BCUT2D eigenvalue weighted by atomic mass is 9.96. The van der Waals surface area contributed by atoms with E-state index in [2.05, 4.69) is 10.4 Å². The number of pyridine rings is 1. The summed E-state index contributed by atoms with van der Waals surface area (Å²) in [5.41, 5.74) is -5.39. The first-order chi connectivity index (χ1) is 16.4. The Bertz CT molecular complexity index is 1390. The SMILES string of the molecule is C[C@@H](Nc1nn(C)c(=O)c2cc(=O)n([C@]3(C(F)(F)F)CCOC3)cc12)c1cccc(C(F)F)c1F. The quantitative estimate of drug-likeness (QED) is 0.534. The summed E-state index contributed by atoms with van der Waals surface area (Å²) in [4.78, 5) is 25.3. The van der Waals surface area contributed by atoms with Crippen LogP contribution in [0.5, 0.6) is 0 Å². The van der Waals surface area contributed by atoms with Gasteiger partial charge in [0.05, 0.1) is 23.6 Å². The third kappa shape index (κ3) is 4.07. The van der Waals surface area contributed by atoms with Crippen molar-refractivity contribution in [2.45, 2.75) is 37.5 Å². The molecule has 1 fully saturated rings. The molecule has 1 saturated heterocycles. The normalized spacial score (nSPS) is 19.5. The molecule has 35 heavy (non-hydrogen) atoms. The Kier molecular flexibility index (Phi) is 6.16. The molecular formula is C22H20F6N4O3. The predicted octanol–water partition coefficient (Wildman–Crippen LogP) is 4.02. The van der Waals surface area contributed by atoms with Gasteiger partial charge in [0.1, 0.15) is 5.82 Å². The smallest absolute Gasteiger partial charge is 0.379 e. The molecule has 1 aliphatic rings. The Morgan fingerprint density at radius 2 is 1.86 bits per heavy atom. The Morgan fingerprint density at radius 3 is 2.46 bits per heavy atom. The van der Waals surface area contributed by atoms with Gasteiger partial charge >= 0.3 is 6.18 Å². The third-order valence-corrected chi connectivity index (χ3v) is 6.19. The van der Waals surface area contributed by atoms with E-state index in [-0.39, 0.29) is 28.8 Å². The summed E-state index contributed by atoms with van der Waals surface area (Å²) in [6.45, 7) is 0.427. The maximum absolute atomic E-state index is 14.7. The van der Waals surface area contributed by atoms with Crippen molar-refractivity contribution in [3.05, 3.63) is 68.1 Å². The number of aromatic nitrogens is 3. The van der Waals surface area contributed by atoms with Crippen molar-refractivity contribution >= 4 is 16.6 Å². The highest BCUT2D eigenvalue weighted by Crippen LogP contribution is 2.42. The zero-order valence-electron chi connectivity index (χ0n) is 18.5. The minimum absolute atomic E-state index is 0.125. The highest BCUT2D eigenvalue weighted by molar-refractivity contribution is 5.90. The van der Waals surface area contributed by atoms with E-state index in [0.717, 1.165) is 23.0 Å². The third-order valence-electron chi connectivity index (χ3n) is 6.19. The molecule has 3 heterocycles. The van der Waals surface area contributed by atoms with Gasteiger partial charge in [0.15, 0.2) is 11.4 Å². The van der Waals surface area contributed by atoms with E-state index in [1.54, 1.807) is 0 Å². The molecule has 13 heteroatoms. The van der Waals surface area contributed by atoms with Gasteiger partial charge in [-0.05, 0) is 6.92 Å². The number of fused-ring (bicyclic) bond motifs is 1. The van der Waals surface area contributed by atoms with Crippen molar-refractivity contribution < 1.29 is 31.1 Å². The second kappa shape index (κ2) is 8.70. The molecule has 0 aliphatic carbocycles. The first kappa shape index (κ1) is 24.8. The van der Waals surface area contributed by atoms with E-state index in [1.807, 2.05) is 0 Å². The van der Waals surface area contributed by atoms with Crippen LogP contribution in [-0.4, -0.2) is 33.7 Å². The Balaban J connectivity index is 1.89. The van der Waals surface area contributed by atoms with Gasteiger partial charge in [0.2, 0.25) is 0 Å². The molecule has 2 aromatic heterocycles. The second-order valence-electron chi connectivity index (χ2n) is 8.34. The van der Waals surface area contributed by atoms with Crippen LogP contribution in [0.4, 0.5) is 32.2 Å². The molecule has 188 valence electrons. The summed E-state index contributed by atoms with van der Waals surface area (Å²) in [7, 11) is 1.27. The van der Waals surface area contributed by atoms with Crippen LogP contribution in [0.3, 0.4) is 0 Å². The van der Waals surface area contributed by atoms with Crippen LogP contribution in [0.25, 0.3) is 10.8 Å². The maximum Gasteiger partial charge on any atom is 0.414 e. The topological polar surface area (TPSA) is 78.2 Å². The first-order valence-electron chi connectivity index (χ1n) is 10.5. The van der Waals surface area contributed by atoms with Gasteiger partial charge in [-0.2, -0.15) is 18.3 Å². The van der Waals surface area contributed by atoms with Crippen LogP contribution < -0.4 is 16.4 Å². The number of rotatable bonds is 5. The van der Waals surface area contributed by atoms with E-state index in [1.165, 1.54) is 26.1 Å². The number of hydrogen-bond donors (Lipinski definition) is 1. The van der Waals surface area contributed by atoms with Crippen molar-refractivity contribution in [2.24, 2.45) is 7.05 Å². The van der Waals surface area contributed by atoms with Crippen molar-refractivity contribution in [1.82, 2.24) is 14.3 Å². The van der Waals surface area contributed by atoms with Gasteiger partial charge in [0.25, 0.3) is 17.5 Å². The van der Waals surface area contributed by atoms with Crippen LogP contribution >= 0.6 is 0 Å². The van der Waals surface area contributed by atoms with Crippen LogP contribution in [-0.2, 0) is 17.3 Å². The van der Waals surface area contributed by atoms with Gasteiger partial charge < -0.3 is 10.1 Å². The molecule has 7 nitrogen and oxygen atoms in total. The summed E-state index contributed by atoms with van der Waals surface area (Å²) >= 11 is 0. The molecule has 0 unspecified atom stereocenters. The summed E-state index contributed by atoms with van der Waals surface area (Å²) in [6.07, 6.45) is -7.52. The molecule has 3 aromatic rings. The highest BCUT2D eigenvalue weighted by Gasteiger charge is 2.59. The number of nitrogens with zero attached hydrogens (tertiary/aromatic N) is 3. The average molecular weight is 502 g/mol. The summed E-state index contributed by atoms with van der Waals surface area (Å²) in [5.74, 6) is -1.28. The number of ether oxygens (including phenoxy) is 1. The molecular weight excluding hydrogens is 482 g/mol. The molecule has 2 atom stereocenters. The lowest BCUT2D eigenvalue weighted by Gasteiger charge is -2.32. The van der Waals surface area contributed by atoms with Gasteiger partial charge in [-0.3, -0.25) is 14.2 Å². The fraction of sp³-hybridized carbons (Fsp3) is 0.409. The first-order valence-corrected chi connectivity index (χ1v) is 10.5. The standard InChI is InChI=1S/C22H20F6N4O3/c1-11(12-4-3-5-13(17(12)23)18(24)25)29-19-15-9-32(21(22(26,27)28)6-7-35-10-21)16(33)8-14(15)20(34)31(2)30-19/h3-5,8-9,11,18H,6-7,10H2,1-2H3,(H,29,30)/t11-,21-/m1/s1. The van der Waals surface area contributed by atoms with Gasteiger partial charge in [-0.15, -0.1) is 0 Å². The van der Waals surface area contributed by atoms with Gasteiger partial charge in [-0.1, -0.05) is 18.2 Å². The zero-order valence-corrected chi connectivity index (χ0v) is 18.5. The van der Waals surface area contributed by atoms with E-state index >= 15 is 0 Å².